The van der Waals surface area contributed by atoms with Gasteiger partial charge in [-0.15, -0.1) is 0 Å². The van der Waals surface area contributed by atoms with E-state index in [0.717, 1.165) is 5.56 Å². The largest absolute Gasteiger partial charge is 0.399 e. The van der Waals surface area contributed by atoms with Gasteiger partial charge in [0, 0.05) is 5.92 Å². The number of ether oxygens (including phenoxy) is 1. The van der Waals surface area contributed by atoms with Gasteiger partial charge in [0.05, 0.1) is 6.10 Å². The summed E-state index contributed by atoms with van der Waals surface area (Å²) in [5, 5.41) is 13.2. The quantitative estimate of drug-likeness (QED) is 0.596. The third kappa shape index (κ3) is 4.01. The van der Waals surface area contributed by atoms with Crippen LogP contribution in [0.5, 0.6) is 0 Å². The van der Waals surface area contributed by atoms with Crippen molar-refractivity contribution in [3.8, 4) is 0 Å². The van der Waals surface area contributed by atoms with Gasteiger partial charge in [-0.2, -0.15) is 0 Å². The van der Waals surface area contributed by atoms with E-state index in [1.807, 2.05) is 30.3 Å². The van der Waals surface area contributed by atoms with E-state index in [2.05, 4.69) is 88.4 Å². The van der Waals surface area contributed by atoms with E-state index < -0.39 is 20.7 Å². The van der Waals surface area contributed by atoms with E-state index in [-0.39, 0.29) is 17.1 Å². The summed E-state index contributed by atoms with van der Waals surface area (Å²) in [5.74, 6) is 0.0130. The summed E-state index contributed by atoms with van der Waals surface area (Å²) in [7, 11) is -2.77. The maximum atomic E-state index is 11.0. The van der Waals surface area contributed by atoms with E-state index >= 15 is 0 Å². The molecule has 0 spiro atoms. The van der Waals surface area contributed by atoms with E-state index in [1.165, 1.54) is 10.4 Å². The number of aliphatic hydroxyl groups excluding tert-OH is 1. The SMILES string of the molecule is C[C@H]1[C@@H](c2ccccc2)OC(O)[C@@H]1O[Si](c1ccccc1)(c1ccccc1)C(C)(C)C. The van der Waals surface area contributed by atoms with Gasteiger partial charge in [0.15, 0.2) is 6.29 Å². The van der Waals surface area contributed by atoms with Gasteiger partial charge in [0.2, 0.25) is 0 Å². The molecule has 3 aromatic carbocycles. The van der Waals surface area contributed by atoms with Crippen LogP contribution in [0.3, 0.4) is 0 Å². The van der Waals surface area contributed by atoms with Crippen molar-refractivity contribution in [3.05, 3.63) is 96.6 Å². The van der Waals surface area contributed by atoms with Crippen LogP contribution in [0.4, 0.5) is 0 Å². The summed E-state index contributed by atoms with van der Waals surface area (Å²) in [4.78, 5) is 0. The van der Waals surface area contributed by atoms with Crippen LogP contribution in [0.15, 0.2) is 91.0 Å². The van der Waals surface area contributed by atoms with Crippen LogP contribution < -0.4 is 10.4 Å². The minimum absolute atomic E-state index is 0.0130. The Morgan fingerprint density at radius 3 is 1.68 bits per heavy atom. The molecule has 4 atom stereocenters. The highest BCUT2D eigenvalue weighted by atomic mass is 28.4. The second-order valence-electron chi connectivity index (χ2n) is 9.46. The Labute approximate surface area is 186 Å². The van der Waals surface area contributed by atoms with Crippen LogP contribution in [0, 0.1) is 5.92 Å². The third-order valence-corrected chi connectivity index (χ3v) is 11.5. The van der Waals surface area contributed by atoms with E-state index in [9.17, 15) is 5.11 Å². The molecule has 0 radical (unpaired) electrons. The molecular weight excluding hydrogens is 400 g/mol. The van der Waals surface area contributed by atoms with Gasteiger partial charge in [-0.3, -0.25) is 0 Å². The Balaban J connectivity index is 1.80. The van der Waals surface area contributed by atoms with Gasteiger partial charge in [0.25, 0.3) is 8.32 Å². The summed E-state index contributed by atoms with van der Waals surface area (Å²) in [6, 6.07) is 31.2. The molecule has 1 fully saturated rings. The molecular formula is C27H32O3Si. The fourth-order valence-corrected chi connectivity index (χ4v) is 9.62. The Kier molecular flexibility index (Phi) is 6.17. The summed E-state index contributed by atoms with van der Waals surface area (Å²) < 4.78 is 13.2. The molecule has 3 nitrogen and oxygen atoms in total. The molecule has 0 aromatic heterocycles. The lowest BCUT2D eigenvalue weighted by Crippen LogP contribution is -2.68. The van der Waals surface area contributed by atoms with Crippen LogP contribution in [-0.4, -0.2) is 25.8 Å². The highest BCUT2D eigenvalue weighted by Gasteiger charge is 2.55. The molecule has 0 amide bonds. The predicted molar refractivity (Wildman–Crippen MR) is 128 cm³/mol. The minimum atomic E-state index is -2.77. The number of hydrogen-bond donors (Lipinski definition) is 1. The molecule has 1 unspecified atom stereocenters. The van der Waals surface area contributed by atoms with Gasteiger partial charge in [-0.05, 0) is 21.0 Å². The fraction of sp³-hybridized carbons (Fsp3) is 0.333. The maximum Gasteiger partial charge on any atom is 0.261 e. The molecule has 1 N–H and O–H groups in total. The van der Waals surface area contributed by atoms with E-state index in [1.54, 1.807) is 0 Å². The first-order valence-corrected chi connectivity index (χ1v) is 12.9. The van der Waals surface area contributed by atoms with Crippen LogP contribution in [0.1, 0.15) is 39.4 Å². The average Bonchev–Trinajstić information content (AvgIpc) is 3.06. The molecule has 0 saturated carbocycles. The first-order valence-electron chi connectivity index (χ1n) is 11.0. The first-order chi connectivity index (χ1) is 14.8. The fourth-order valence-electron chi connectivity index (χ4n) is 4.87. The van der Waals surface area contributed by atoms with Gasteiger partial charge in [-0.1, -0.05) is 119 Å². The second-order valence-corrected chi connectivity index (χ2v) is 13.7. The number of benzene rings is 3. The Morgan fingerprint density at radius 1 is 0.774 bits per heavy atom. The highest BCUT2D eigenvalue weighted by Crippen LogP contribution is 2.44. The monoisotopic (exact) mass is 432 g/mol. The highest BCUT2D eigenvalue weighted by molar-refractivity contribution is 6.99. The Hall–Kier alpha value is -2.24. The van der Waals surface area contributed by atoms with Crippen LogP contribution >= 0.6 is 0 Å². The third-order valence-electron chi connectivity index (χ3n) is 6.42. The van der Waals surface area contributed by atoms with Gasteiger partial charge in [0.1, 0.15) is 6.10 Å². The zero-order chi connectivity index (χ0) is 22.1. The summed E-state index contributed by atoms with van der Waals surface area (Å²) in [6.45, 7) is 8.87. The number of rotatable bonds is 5. The lowest BCUT2D eigenvalue weighted by Gasteiger charge is -2.45. The smallest absolute Gasteiger partial charge is 0.261 e. The van der Waals surface area contributed by atoms with Crippen molar-refractivity contribution in [3.63, 3.8) is 0 Å². The second kappa shape index (κ2) is 8.71. The van der Waals surface area contributed by atoms with Crippen molar-refractivity contribution in [2.75, 3.05) is 0 Å². The summed E-state index contributed by atoms with van der Waals surface area (Å²) in [5.41, 5.74) is 1.07. The van der Waals surface area contributed by atoms with Crippen molar-refractivity contribution >= 4 is 18.7 Å². The van der Waals surface area contributed by atoms with Crippen LogP contribution in [0.25, 0.3) is 0 Å². The van der Waals surface area contributed by atoms with Crippen molar-refractivity contribution in [1.29, 1.82) is 0 Å². The normalized spacial score (nSPS) is 24.3. The standard InChI is InChI=1S/C27H32O3Si/c1-20-24(21-14-8-5-9-15-21)29-26(28)25(20)30-31(27(2,3)4,22-16-10-6-11-17-22)23-18-12-7-13-19-23/h5-20,24-26,28H,1-4H3/t20-,24-,25+,26?/m0/s1. The minimum Gasteiger partial charge on any atom is -0.399 e. The molecule has 4 heteroatoms. The maximum absolute atomic E-state index is 11.0. The topological polar surface area (TPSA) is 38.7 Å². The molecule has 3 aromatic rings. The van der Waals surface area contributed by atoms with Crippen molar-refractivity contribution in [2.24, 2.45) is 5.92 Å². The summed E-state index contributed by atoms with van der Waals surface area (Å²) >= 11 is 0. The lowest BCUT2D eigenvalue weighted by molar-refractivity contribution is -0.124. The average molecular weight is 433 g/mol. The van der Waals surface area contributed by atoms with Crippen LogP contribution in [0.2, 0.25) is 5.04 Å². The van der Waals surface area contributed by atoms with Gasteiger partial charge < -0.3 is 14.3 Å². The summed E-state index contributed by atoms with van der Waals surface area (Å²) in [6.07, 6.45) is -1.59. The zero-order valence-corrected chi connectivity index (χ0v) is 19.7. The predicted octanol–water partition coefficient (Wildman–Crippen LogP) is 4.66. The molecule has 31 heavy (non-hydrogen) atoms. The molecule has 0 aliphatic carbocycles. The number of hydrogen-bond acceptors (Lipinski definition) is 3. The molecule has 1 heterocycles. The van der Waals surface area contributed by atoms with E-state index in [4.69, 9.17) is 9.16 Å². The number of aliphatic hydroxyl groups is 1. The molecule has 1 aliphatic heterocycles. The van der Waals surface area contributed by atoms with Crippen LogP contribution in [-0.2, 0) is 9.16 Å². The van der Waals surface area contributed by atoms with E-state index in [0.29, 0.717) is 0 Å². The molecule has 162 valence electrons. The van der Waals surface area contributed by atoms with Crippen molar-refractivity contribution in [1.82, 2.24) is 0 Å². The molecule has 0 bridgehead atoms. The van der Waals surface area contributed by atoms with Gasteiger partial charge >= 0.3 is 0 Å². The molecule has 1 saturated heterocycles. The molecule has 1 aliphatic rings. The zero-order valence-electron chi connectivity index (χ0n) is 18.7. The van der Waals surface area contributed by atoms with Crippen molar-refractivity contribution in [2.45, 2.75) is 51.2 Å². The molecule has 4 rings (SSSR count). The first kappa shape index (κ1) is 22.0. The van der Waals surface area contributed by atoms with Crippen molar-refractivity contribution < 1.29 is 14.3 Å². The Morgan fingerprint density at radius 2 is 1.23 bits per heavy atom. The lowest BCUT2D eigenvalue weighted by atomic mass is 9.95. The Bertz CT molecular complexity index is 930. The van der Waals surface area contributed by atoms with Gasteiger partial charge in [-0.25, -0.2) is 0 Å².